The molecule has 3 N–H and O–H groups in total. The SMILES string of the molecule is Cc1cc2c(o1)c(-c1cc(N)c(F)c(C)c1C(F)(F)F)c(F)c1nc(OC[C@@]34CCCN3C[C@H](F)C4)nc(N3CC4CCC(C3)N4)c12. The third-order valence-corrected chi connectivity index (χ3v) is 10.5. The molecular formula is C33H34F6N6O2. The second-order valence-electron chi connectivity index (χ2n) is 13.6. The number of benzene rings is 2. The number of piperazine rings is 1. The van der Waals surface area contributed by atoms with Crippen molar-refractivity contribution in [2.24, 2.45) is 0 Å². The van der Waals surface area contributed by atoms with E-state index < -0.39 is 57.5 Å². The molecule has 2 bridgehead atoms. The molecule has 0 saturated carbocycles. The number of rotatable bonds is 5. The summed E-state index contributed by atoms with van der Waals surface area (Å²) in [6, 6.07) is 2.62. The van der Waals surface area contributed by atoms with Gasteiger partial charge in [-0.25, -0.2) is 13.2 Å². The van der Waals surface area contributed by atoms with Crippen LogP contribution in [0.1, 0.15) is 49.0 Å². The first-order chi connectivity index (χ1) is 22.3. The molecule has 4 atom stereocenters. The number of furan rings is 1. The average molecular weight is 661 g/mol. The molecule has 250 valence electrons. The van der Waals surface area contributed by atoms with Crippen molar-refractivity contribution in [3.05, 3.63) is 40.7 Å². The van der Waals surface area contributed by atoms with Crippen molar-refractivity contribution < 1.29 is 35.5 Å². The van der Waals surface area contributed by atoms with Gasteiger partial charge in [-0.2, -0.15) is 23.1 Å². The zero-order valence-corrected chi connectivity index (χ0v) is 25.9. The van der Waals surface area contributed by atoms with Crippen LogP contribution in [0.5, 0.6) is 6.01 Å². The number of fused-ring (bicyclic) bond motifs is 6. The van der Waals surface area contributed by atoms with E-state index in [4.69, 9.17) is 19.9 Å². The van der Waals surface area contributed by atoms with E-state index in [9.17, 15) is 22.0 Å². The van der Waals surface area contributed by atoms with Gasteiger partial charge in [-0.15, -0.1) is 0 Å². The summed E-state index contributed by atoms with van der Waals surface area (Å²) >= 11 is 0. The molecule has 0 spiro atoms. The molecule has 2 aromatic heterocycles. The first-order valence-electron chi connectivity index (χ1n) is 16.0. The summed E-state index contributed by atoms with van der Waals surface area (Å²) in [6.07, 6.45) is -2.20. The molecule has 8 rings (SSSR count). The van der Waals surface area contributed by atoms with E-state index in [2.05, 4.69) is 15.2 Å². The highest BCUT2D eigenvalue weighted by atomic mass is 19.4. The van der Waals surface area contributed by atoms with Gasteiger partial charge in [0.15, 0.2) is 5.82 Å². The van der Waals surface area contributed by atoms with Gasteiger partial charge >= 0.3 is 12.2 Å². The summed E-state index contributed by atoms with van der Waals surface area (Å²) in [4.78, 5) is 13.4. The predicted octanol–water partition coefficient (Wildman–Crippen LogP) is 6.43. The Morgan fingerprint density at radius 2 is 1.83 bits per heavy atom. The van der Waals surface area contributed by atoms with E-state index in [1.54, 1.807) is 13.0 Å². The van der Waals surface area contributed by atoms with Crippen molar-refractivity contribution in [3.8, 4) is 17.1 Å². The normalized spacial score (nSPS) is 26.2. The highest BCUT2D eigenvalue weighted by Crippen LogP contribution is 2.49. The summed E-state index contributed by atoms with van der Waals surface area (Å²) in [5, 5.41) is 4.15. The van der Waals surface area contributed by atoms with Crippen LogP contribution in [-0.4, -0.2) is 71.4 Å². The minimum absolute atomic E-state index is 0.0820. The number of aryl methyl sites for hydroxylation is 1. The zero-order chi connectivity index (χ0) is 33.0. The molecule has 14 heteroatoms. The molecule has 4 saturated heterocycles. The molecular weight excluding hydrogens is 626 g/mol. The van der Waals surface area contributed by atoms with E-state index in [1.807, 2.05) is 4.90 Å². The molecule has 0 radical (unpaired) electrons. The van der Waals surface area contributed by atoms with E-state index >= 15 is 4.39 Å². The van der Waals surface area contributed by atoms with Gasteiger partial charge in [0.2, 0.25) is 0 Å². The smallest absolute Gasteiger partial charge is 0.417 e. The fourth-order valence-corrected chi connectivity index (χ4v) is 8.47. The summed E-state index contributed by atoms with van der Waals surface area (Å²) in [5.74, 6) is -1.64. The fraction of sp³-hybridized carbons (Fsp3) is 0.515. The number of anilines is 2. The Hall–Kier alpha value is -3.78. The Morgan fingerprint density at radius 3 is 2.55 bits per heavy atom. The van der Waals surface area contributed by atoms with Crippen LogP contribution in [0.15, 0.2) is 16.5 Å². The number of hydrogen-bond donors (Lipinski definition) is 2. The topological polar surface area (TPSA) is 92.7 Å². The second kappa shape index (κ2) is 10.6. The van der Waals surface area contributed by atoms with Crippen molar-refractivity contribution in [1.82, 2.24) is 20.2 Å². The van der Waals surface area contributed by atoms with Gasteiger partial charge in [0.1, 0.15) is 41.3 Å². The molecule has 8 nitrogen and oxygen atoms in total. The van der Waals surface area contributed by atoms with Crippen molar-refractivity contribution in [3.63, 3.8) is 0 Å². The van der Waals surface area contributed by atoms with Crippen LogP contribution >= 0.6 is 0 Å². The number of aromatic nitrogens is 2. The Labute approximate surface area is 266 Å². The second-order valence-corrected chi connectivity index (χ2v) is 13.6. The Balaban J connectivity index is 1.37. The lowest BCUT2D eigenvalue weighted by Crippen LogP contribution is -2.51. The van der Waals surface area contributed by atoms with E-state index in [0.29, 0.717) is 43.0 Å². The maximum atomic E-state index is 17.1. The molecule has 0 amide bonds. The van der Waals surface area contributed by atoms with Crippen molar-refractivity contribution >= 4 is 33.4 Å². The Morgan fingerprint density at radius 1 is 1.09 bits per heavy atom. The van der Waals surface area contributed by atoms with Gasteiger partial charge in [-0.1, -0.05) is 0 Å². The maximum absolute atomic E-state index is 17.1. The van der Waals surface area contributed by atoms with Crippen molar-refractivity contribution in [2.75, 3.05) is 43.4 Å². The van der Waals surface area contributed by atoms with Gasteiger partial charge in [-0.3, -0.25) is 4.90 Å². The standard InChI is InChI=1S/C33H34F6N6O2/c1-15-8-21-24-28(27(36)23(29(21)47-15)20-9-22(40)26(35)16(2)25(20)33(37,38)39)42-31(43-30(24)44-12-18-4-5-19(13-44)41-18)46-14-32-6-3-7-45(32)11-17(34)10-32/h8-9,17-19,41H,3-7,10-14,40H2,1-2H3/t17-,18?,19?,32+/m1/s1. The Kier molecular flexibility index (Phi) is 6.90. The molecule has 4 aromatic rings. The quantitative estimate of drug-likeness (QED) is 0.187. The van der Waals surface area contributed by atoms with E-state index in [0.717, 1.165) is 45.2 Å². The monoisotopic (exact) mass is 660 g/mol. The molecule has 47 heavy (non-hydrogen) atoms. The predicted molar refractivity (Wildman–Crippen MR) is 164 cm³/mol. The molecule has 6 heterocycles. The zero-order valence-electron chi connectivity index (χ0n) is 25.9. The number of nitrogens with zero attached hydrogens (tertiary/aromatic N) is 4. The lowest BCUT2D eigenvalue weighted by atomic mass is 9.91. The fourth-order valence-electron chi connectivity index (χ4n) is 8.47. The number of hydrogen-bond acceptors (Lipinski definition) is 8. The first-order valence-corrected chi connectivity index (χ1v) is 16.0. The van der Waals surface area contributed by atoms with Crippen LogP contribution in [0.4, 0.5) is 37.8 Å². The number of alkyl halides is 4. The third kappa shape index (κ3) is 4.81. The number of nitrogens with two attached hydrogens (primary N) is 1. The largest absolute Gasteiger partial charge is 0.461 e. The van der Waals surface area contributed by atoms with Crippen LogP contribution in [0.2, 0.25) is 0 Å². The molecule has 4 fully saturated rings. The van der Waals surface area contributed by atoms with E-state index in [1.165, 1.54) is 0 Å². The third-order valence-electron chi connectivity index (χ3n) is 10.5. The minimum Gasteiger partial charge on any atom is -0.461 e. The Bertz CT molecular complexity index is 1920. The van der Waals surface area contributed by atoms with Crippen LogP contribution < -0.4 is 20.7 Å². The van der Waals surface area contributed by atoms with Gasteiger partial charge in [0.05, 0.1) is 27.7 Å². The van der Waals surface area contributed by atoms with Gasteiger partial charge in [-0.05, 0) is 63.8 Å². The summed E-state index contributed by atoms with van der Waals surface area (Å²) in [6.45, 7) is 4.84. The van der Waals surface area contributed by atoms with Gasteiger partial charge < -0.3 is 25.1 Å². The first kappa shape index (κ1) is 30.5. The number of nitrogens with one attached hydrogen (secondary N) is 1. The summed E-state index contributed by atoms with van der Waals surface area (Å²) in [5.41, 5.74) is 1.02. The lowest BCUT2D eigenvalue weighted by molar-refractivity contribution is -0.137. The highest BCUT2D eigenvalue weighted by molar-refractivity contribution is 6.16. The van der Waals surface area contributed by atoms with Crippen LogP contribution in [0.3, 0.4) is 0 Å². The van der Waals surface area contributed by atoms with Crippen molar-refractivity contribution in [1.29, 1.82) is 0 Å². The summed E-state index contributed by atoms with van der Waals surface area (Å²) < 4.78 is 102. The molecule has 0 aliphatic carbocycles. The summed E-state index contributed by atoms with van der Waals surface area (Å²) in [7, 11) is 0. The number of halogens is 6. The average Bonchev–Trinajstić information content (AvgIpc) is 3.75. The minimum atomic E-state index is -5.05. The molecule has 4 aliphatic heterocycles. The number of ether oxygens (including phenoxy) is 1. The number of nitrogen functional groups attached to an aromatic ring is 1. The molecule has 4 aliphatic rings. The van der Waals surface area contributed by atoms with Gasteiger partial charge in [0.25, 0.3) is 0 Å². The maximum Gasteiger partial charge on any atom is 0.417 e. The lowest BCUT2D eigenvalue weighted by Gasteiger charge is -2.35. The van der Waals surface area contributed by atoms with Crippen LogP contribution in [0.25, 0.3) is 33.0 Å². The van der Waals surface area contributed by atoms with Crippen molar-refractivity contribution in [2.45, 2.75) is 75.9 Å². The molecule has 2 aromatic carbocycles. The highest BCUT2D eigenvalue weighted by Gasteiger charge is 2.49. The van der Waals surface area contributed by atoms with Gasteiger partial charge in [0, 0.05) is 49.1 Å². The molecule has 2 unspecified atom stereocenters. The van der Waals surface area contributed by atoms with E-state index in [-0.39, 0.29) is 41.2 Å². The van der Waals surface area contributed by atoms with Crippen LogP contribution in [0, 0.1) is 25.5 Å². The van der Waals surface area contributed by atoms with Crippen LogP contribution in [-0.2, 0) is 6.18 Å².